The van der Waals surface area contributed by atoms with Crippen molar-refractivity contribution >= 4 is 38.3 Å². The Kier molecular flexibility index (Phi) is 3.43. The summed E-state index contributed by atoms with van der Waals surface area (Å²) in [5.41, 5.74) is 1.66. The molecule has 0 unspecified atom stereocenters. The third-order valence-corrected chi connectivity index (χ3v) is 3.24. The normalized spacial score (nSPS) is 11.2. The van der Waals surface area contributed by atoms with Crippen LogP contribution < -0.4 is 5.63 Å². The first-order valence-corrected chi connectivity index (χ1v) is 6.71. The van der Waals surface area contributed by atoms with Crippen molar-refractivity contribution in [3.63, 3.8) is 0 Å². The molecule has 0 aliphatic rings. The number of nitrogens with zero attached hydrogens (tertiary/aromatic N) is 2. The second-order valence-electron chi connectivity index (χ2n) is 4.15. The standard InChI is InChI=1S/C15H9BrN2O2/c16-11-2-4-12(5-3-11)17-18-13-6-7-14-10(9-13)1-8-15(19)20-14/h1-9H/b18-17+. The smallest absolute Gasteiger partial charge is 0.336 e. The molecule has 0 saturated carbocycles. The lowest BCUT2D eigenvalue weighted by Gasteiger charge is -1.97. The average molecular weight is 329 g/mol. The van der Waals surface area contributed by atoms with Gasteiger partial charge in [0, 0.05) is 15.9 Å². The van der Waals surface area contributed by atoms with Crippen molar-refractivity contribution in [1.29, 1.82) is 0 Å². The predicted molar refractivity (Wildman–Crippen MR) is 80.8 cm³/mol. The SMILES string of the molecule is O=c1ccc2cc(/N=N/c3ccc(Br)cc3)ccc2o1. The van der Waals surface area contributed by atoms with Crippen molar-refractivity contribution in [1.82, 2.24) is 0 Å². The summed E-state index contributed by atoms with van der Waals surface area (Å²) in [6.07, 6.45) is 0. The van der Waals surface area contributed by atoms with Gasteiger partial charge in [-0.2, -0.15) is 10.2 Å². The van der Waals surface area contributed by atoms with E-state index in [0.717, 1.165) is 15.5 Å². The first kappa shape index (κ1) is 12.7. The Morgan fingerprint density at radius 1 is 0.850 bits per heavy atom. The number of benzene rings is 2. The molecule has 0 aliphatic heterocycles. The van der Waals surface area contributed by atoms with Gasteiger partial charge in [0.05, 0.1) is 11.4 Å². The molecule has 0 bridgehead atoms. The molecule has 0 saturated heterocycles. The summed E-state index contributed by atoms with van der Waals surface area (Å²) in [7, 11) is 0. The number of azo groups is 1. The van der Waals surface area contributed by atoms with E-state index in [-0.39, 0.29) is 5.63 Å². The summed E-state index contributed by atoms with van der Waals surface area (Å²) in [5.74, 6) is 0. The Morgan fingerprint density at radius 2 is 1.55 bits per heavy atom. The monoisotopic (exact) mass is 328 g/mol. The molecule has 2 aromatic carbocycles. The van der Waals surface area contributed by atoms with Gasteiger partial charge in [0.15, 0.2) is 0 Å². The number of hydrogen-bond donors (Lipinski definition) is 0. The fourth-order valence-corrected chi connectivity index (χ4v) is 2.01. The summed E-state index contributed by atoms with van der Waals surface area (Å²) in [6, 6.07) is 15.9. The Morgan fingerprint density at radius 3 is 2.35 bits per heavy atom. The van der Waals surface area contributed by atoms with E-state index >= 15 is 0 Å². The zero-order valence-electron chi connectivity index (χ0n) is 10.3. The maximum atomic E-state index is 11.1. The van der Waals surface area contributed by atoms with Crippen LogP contribution in [0, 0.1) is 0 Å². The molecule has 3 rings (SSSR count). The molecule has 0 amide bonds. The number of hydrogen-bond acceptors (Lipinski definition) is 4. The van der Waals surface area contributed by atoms with Gasteiger partial charge in [-0.15, -0.1) is 0 Å². The highest BCUT2D eigenvalue weighted by molar-refractivity contribution is 9.10. The zero-order valence-corrected chi connectivity index (χ0v) is 11.9. The van der Waals surface area contributed by atoms with E-state index in [1.54, 1.807) is 18.2 Å². The molecular weight excluding hydrogens is 320 g/mol. The summed E-state index contributed by atoms with van der Waals surface area (Å²) in [4.78, 5) is 11.1. The van der Waals surface area contributed by atoms with Gasteiger partial charge in [0.2, 0.25) is 0 Å². The largest absolute Gasteiger partial charge is 0.423 e. The van der Waals surface area contributed by atoms with E-state index in [0.29, 0.717) is 11.3 Å². The Balaban J connectivity index is 1.92. The van der Waals surface area contributed by atoms with Crippen LogP contribution in [0.4, 0.5) is 11.4 Å². The van der Waals surface area contributed by atoms with Gasteiger partial charge in [0.25, 0.3) is 0 Å². The minimum Gasteiger partial charge on any atom is -0.423 e. The van der Waals surface area contributed by atoms with Crippen LogP contribution in [0.3, 0.4) is 0 Å². The second kappa shape index (κ2) is 5.38. The van der Waals surface area contributed by atoms with Crippen LogP contribution in [-0.4, -0.2) is 0 Å². The van der Waals surface area contributed by atoms with Crippen molar-refractivity contribution in [3.05, 3.63) is 69.5 Å². The van der Waals surface area contributed by atoms with Crippen LogP contribution in [0.25, 0.3) is 11.0 Å². The van der Waals surface area contributed by atoms with Crippen LogP contribution in [0.2, 0.25) is 0 Å². The number of rotatable bonds is 2. The highest BCUT2D eigenvalue weighted by atomic mass is 79.9. The third kappa shape index (κ3) is 2.83. The summed E-state index contributed by atoms with van der Waals surface area (Å²) in [5, 5.41) is 9.14. The van der Waals surface area contributed by atoms with Crippen molar-refractivity contribution in [2.75, 3.05) is 0 Å². The molecule has 0 N–H and O–H groups in total. The van der Waals surface area contributed by atoms with Crippen LogP contribution >= 0.6 is 15.9 Å². The highest BCUT2D eigenvalue weighted by Gasteiger charge is 1.98. The summed E-state index contributed by atoms with van der Waals surface area (Å²) >= 11 is 3.37. The lowest BCUT2D eigenvalue weighted by atomic mass is 10.2. The molecule has 20 heavy (non-hydrogen) atoms. The molecule has 0 radical (unpaired) electrons. The van der Waals surface area contributed by atoms with E-state index in [1.165, 1.54) is 6.07 Å². The molecule has 1 heterocycles. The lowest BCUT2D eigenvalue weighted by molar-refractivity contribution is 0.561. The molecule has 0 atom stereocenters. The molecule has 5 heteroatoms. The van der Waals surface area contributed by atoms with Gasteiger partial charge in [-0.05, 0) is 48.5 Å². The Bertz CT molecular complexity index is 838. The van der Waals surface area contributed by atoms with Crippen LogP contribution in [0.15, 0.2) is 78.5 Å². The van der Waals surface area contributed by atoms with Gasteiger partial charge < -0.3 is 4.42 Å². The van der Waals surface area contributed by atoms with E-state index < -0.39 is 0 Å². The molecule has 0 aliphatic carbocycles. The van der Waals surface area contributed by atoms with Crippen molar-refractivity contribution < 1.29 is 4.42 Å². The van der Waals surface area contributed by atoms with Crippen molar-refractivity contribution in [3.8, 4) is 0 Å². The highest BCUT2D eigenvalue weighted by Crippen LogP contribution is 2.23. The minimum absolute atomic E-state index is 0.360. The maximum Gasteiger partial charge on any atom is 0.336 e. The average Bonchev–Trinajstić information content (AvgIpc) is 2.46. The number of fused-ring (bicyclic) bond motifs is 1. The van der Waals surface area contributed by atoms with Crippen LogP contribution in [0.5, 0.6) is 0 Å². The summed E-state index contributed by atoms with van der Waals surface area (Å²) < 4.78 is 6.06. The van der Waals surface area contributed by atoms with E-state index in [9.17, 15) is 4.79 Å². The third-order valence-electron chi connectivity index (χ3n) is 2.71. The lowest BCUT2D eigenvalue weighted by Crippen LogP contribution is -1.93. The minimum atomic E-state index is -0.360. The van der Waals surface area contributed by atoms with Crippen LogP contribution in [0.1, 0.15) is 0 Å². The van der Waals surface area contributed by atoms with Crippen LogP contribution in [-0.2, 0) is 0 Å². The first-order valence-electron chi connectivity index (χ1n) is 5.92. The molecule has 1 aromatic heterocycles. The zero-order chi connectivity index (χ0) is 13.9. The first-order chi connectivity index (χ1) is 9.70. The van der Waals surface area contributed by atoms with Gasteiger partial charge >= 0.3 is 5.63 Å². The van der Waals surface area contributed by atoms with Gasteiger partial charge in [0.1, 0.15) is 5.58 Å². The predicted octanol–water partition coefficient (Wildman–Crippen LogP) is 4.97. The van der Waals surface area contributed by atoms with Crippen molar-refractivity contribution in [2.24, 2.45) is 10.2 Å². The Hall–Kier alpha value is -2.27. The topological polar surface area (TPSA) is 54.9 Å². The molecule has 4 nitrogen and oxygen atoms in total. The van der Waals surface area contributed by atoms with Gasteiger partial charge in [-0.25, -0.2) is 4.79 Å². The quantitative estimate of drug-likeness (QED) is 0.492. The van der Waals surface area contributed by atoms with E-state index in [4.69, 9.17) is 4.42 Å². The molecular formula is C15H9BrN2O2. The molecule has 98 valence electrons. The van der Waals surface area contributed by atoms with E-state index in [2.05, 4.69) is 26.2 Å². The number of halogens is 1. The van der Waals surface area contributed by atoms with Gasteiger partial charge in [-0.1, -0.05) is 15.9 Å². The van der Waals surface area contributed by atoms with Gasteiger partial charge in [-0.3, -0.25) is 0 Å². The van der Waals surface area contributed by atoms with Crippen molar-refractivity contribution in [2.45, 2.75) is 0 Å². The Labute approximate surface area is 122 Å². The molecule has 0 spiro atoms. The second-order valence-corrected chi connectivity index (χ2v) is 5.07. The molecule has 0 fully saturated rings. The fraction of sp³-hybridized carbons (Fsp3) is 0. The van der Waals surface area contributed by atoms with E-state index in [1.807, 2.05) is 30.3 Å². The molecule has 3 aromatic rings. The maximum absolute atomic E-state index is 11.1. The summed E-state index contributed by atoms with van der Waals surface area (Å²) in [6.45, 7) is 0. The fourth-order valence-electron chi connectivity index (χ4n) is 1.74.